The van der Waals surface area contributed by atoms with Gasteiger partial charge in [-0.3, -0.25) is 19.2 Å². The predicted octanol–water partition coefficient (Wildman–Crippen LogP) is 1.90. The van der Waals surface area contributed by atoms with Crippen molar-refractivity contribution in [2.75, 3.05) is 20.1 Å². The zero-order chi connectivity index (χ0) is 28.6. The molecule has 208 valence electrons. The van der Waals surface area contributed by atoms with Crippen LogP contribution in [-0.2, 0) is 19.2 Å². The molecule has 0 spiro atoms. The summed E-state index contributed by atoms with van der Waals surface area (Å²) in [5.41, 5.74) is -0.590. The van der Waals surface area contributed by atoms with Gasteiger partial charge >= 0.3 is 6.03 Å². The maximum Gasteiger partial charge on any atom is 0.315 e. The first-order chi connectivity index (χ1) is 17.4. The summed E-state index contributed by atoms with van der Waals surface area (Å²) >= 11 is 0. The van der Waals surface area contributed by atoms with E-state index in [1.54, 1.807) is 0 Å². The molecule has 3 atom stereocenters. The Bertz CT molecular complexity index is 843. The lowest BCUT2D eigenvalue weighted by Gasteiger charge is -2.35. The molecule has 1 fully saturated rings. The molecule has 1 saturated heterocycles. The number of ketones is 1. The van der Waals surface area contributed by atoms with Crippen LogP contribution in [0.4, 0.5) is 4.79 Å². The number of nitrogens with one attached hydrogen (secondary N) is 4. The Morgan fingerprint density at radius 1 is 1.16 bits per heavy atom. The van der Waals surface area contributed by atoms with Crippen LogP contribution >= 0.6 is 0 Å². The molecule has 0 aromatic carbocycles. The van der Waals surface area contributed by atoms with Crippen molar-refractivity contribution in [2.24, 2.45) is 5.41 Å². The van der Waals surface area contributed by atoms with Gasteiger partial charge in [0.05, 0.1) is 0 Å². The first-order valence-corrected chi connectivity index (χ1v) is 12.8. The summed E-state index contributed by atoms with van der Waals surface area (Å²) in [6, 6.07) is -2.73. The summed E-state index contributed by atoms with van der Waals surface area (Å²) in [4.78, 5) is 64.0. The number of amides is 5. The van der Waals surface area contributed by atoms with Crippen LogP contribution in [0.3, 0.4) is 0 Å². The highest BCUT2D eigenvalue weighted by Crippen LogP contribution is 2.26. The van der Waals surface area contributed by atoms with Gasteiger partial charge in [0.15, 0.2) is 0 Å². The van der Waals surface area contributed by atoms with Crippen molar-refractivity contribution in [3.05, 3.63) is 12.7 Å². The molecular formula is C27H45N5O5. The summed E-state index contributed by atoms with van der Waals surface area (Å²) in [6.45, 7) is 13.7. The van der Waals surface area contributed by atoms with Gasteiger partial charge in [-0.2, -0.15) is 0 Å². The van der Waals surface area contributed by atoms with Crippen molar-refractivity contribution in [3.8, 4) is 12.3 Å². The predicted molar refractivity (Wildman–Crippen MR) is 144 cm³/mol. The molecule has 1 heterocycles. The molecule has 0 bridgehead atoms. The highest BCUT2D eigenvalue weighted by Gasteiger charge is 2.42. The van der Waals surface area contributed by atoms with Gasteiger partial charge in [0.1, 0.15) is 12.1 Å². The summed E-state index contributed by atoms with van der Waals surface area (Å²) in [6.07, 6.45) is 9.53. The maximum absolute atomic E-state index is 13.3. The lowest BCUT2D eigenvalue weighted by Crippen LogP contribution is -2.59. The molecule has 0 radical (unpaired) electrons. The minimum atomic E-state index is -0.840. The first-order valence-electron chi connectivity index (χ1n) is 12.8. The van der Waals surface area contributed by atoms with Crippen LogP contribution in [0, 0.1) is 17.8 Å². The molecule has 0 aromatic heterocycles. The highest BCUT2D eigenvalue weighted by molar-refractivity contribution is 6.36. The SMILES string of the molecule is C#CCCC(CC(=O)C(=O)NCC=C)NC(=O)C1CCCN1C(=O)C(NC(=O)NC)C(C)(C)C.CCC. The van der Waals surface area contributed by atoms with Gasteiger partial charge < -0.3 is 26.2 Å². The smallest absolute Gasteiger partial charge is 0.315 e. The molecule has 37 heavy (non-hydrogen) atoms. The van der Waals surface area contributed by atoms with E-state index in [9.17, 15) is 24.0 Å². The third-order valence-corrected chi connectivity index (χ3v) is 5.53. The summed E-state index contributed by atoms with van der Waals surface area (Å²) in [7, 11) is 1.46. The van der Waals surface area contributed by atoms with Crippen molar-refractivity contribution in [2.45, 2.75) is 91.3 Å². The third kappa shape index (κ3) is 12.0. The second kappa shape index (κ2) is 17.2. The number of nitrogens with zero attached hydrogens (tertiary/aromatic N) is 1. The number of hydrogen-bond acceptors (Lipinski definition) is 5. The minimum Gasteiger partial charge on any atom is -0.351 e. The highest BCUT2D eigenvalue weighted by atomic mass is 16.2. The molecule has 0 saturated carbocycles. The van der Waals surface area contributed by atoms with Crippen molar-refractivity contribution in [3.63, 3.8) is 0 Å². The first kappa shape index (κ1) is 33.7. The summed E-state index contributed by atoms with van der Waals surface area (Å²) in [5, 5.41) is 10.3. The van der Waals surface area contributed by atoms with Crippen LogP contribution in [0.5, 0.6) is 0 Å². The van der Waals surface area contributed by atoms with E-state index in [1.807, 2.05) is 20.8 Å². The number of hydrogen-bond donors (Lipinski definition) is 4. The number of urea groups is 1. The average molecular weight is 520 g/mol. The number of carbonyl (C=O) groups is 5. The lowest BCUT2D eigenvalue weighted by molar-refractivity contribution is -0.142. The minimum absolute atomic E-state index is 0.157. The maximum atomic E-state index is 13.3. The number of likely N-dealkylation sites (tertiary alicyclic amines) is 1. The van der Waals surface area contributed by atoms with E-state index in [2.05, 4.69) is 47.6 Å². The van der Waals surface area contributed by atoms with Crippen LogP contribution in [0.15, 0.2) is 12.7 Å². The van der Waals surface area contributed by atoms with Crippen LogP contribution in [0.25, 0.3) is 0 Å². The Morgan fingerprint density at radius 2 is 1.78 bits per heavy atom. The average Bonchev–Trinajstić information content (AvgIpc) is 3.33. The van der Waals surface area contributed by atoms with E-state index in [1.165, 1.54) is 24.4 Å². The van der Waals surface area contributed by atoms with Gasteiger partial charge in [0.2, 0.25) is 17.6 Å². The van der Waals surface area contributed by atoms with Crippen LogP contribution in [-0.4, -0.2) is 72.7 Å². The molecule has 10 nitrogen and oxygen atoms in total. The van der Waals surface area contributed by atoms with E-state index < -0.39 is 47.2 Å². The van der Waals surface area contributed by atoms with E-state index in [4.69, 9.17) is 6.42 Å². The van der Waals surface area contributed by atoms with E-state index in [0.29, 0.717) is 32.2 Å². The fourth-order valence-electron chi connectivity index (χ4n) is 3.68. The third-order valence-electron chi connectivity index (χ3n) is 5.53. The largest absolute Gasteiger partial charge is 0.351 e. The van der Waals surface area contributed by atoms with Gasteiger partial charge in [-0.05, 0) is 24.7 Å². The van der Waals surface area contributed by atoms with Crippen molar-refractivity contribution in [1.82, 2.24) is 26.2 Å². The van der Waals surface area contributed by atoms with Crippen molar-refractivity contribution < 1.29 is 24.0 Å². The molecule has 4 N–H and O–H groups in total. The normalized spacial score (nSPS) is 16.1. The summed E-state index contributed by atoms with van der Waals surface area (Å²) < 4.78 is 0. The number of carbonyl (C=O) groups excluding carboxylic acids is 5. The fraction of sp³-hybridized carbons (Fsp3) is 0.667. The molecule has 0 aromatic rings. The van der Waals surface area contributed by atoms with Gasteiger partial charge in [-0.25, -0.2) is 4.79 Å². The monoisotopic (exact) mass is 519 g/mol. The Kier molecular flexibility index (Phi) is 15.6. The molecule has 1 aliphatic heterocycles. The van der Waals surface area contributed by atoms with Crippen LogP contribution < -0.4 is 21.3 Å². The number of rotatable bonds is 11. The molecule has 1 aliphatic rings. The Balaban J connectivity index is 0.00000410. The fourth-order valence-corrected chi connectivity index (χ4v) is 3.68. The van der Waals surface area contributed by atoms with Gasteiger partial charge in [0.25, 0.3) is 5.91 Å². The zero-order valence-electron chi connectivity index (χ0n) is 23.2. The van der Waals surface area contributed by atoms with Gasteiger partial charge in [-0.15, -0.1) is 18.9 Å². The topological polar surface area (TPSA) is 137 Å². The van der Waals surface area contributed by atoms with Crippen LogP contribution in [0.2, 0.25) is 0 Å². The van der Waals surface area contributed by atoms with Crippen molar-refractivity contribution in [1.29, 1.82) is 0 Å². The molecule has 10 heteroatoms. The zero-order valence-corrected chi connectivity index (χ0v) is 23.2. The quantitative estimate of drug-likeness (QED) is 0.188. The van der Waals surface area contributed by atoms with Gasteiger partial charge in [-0.1, -0.05) is 47.1 Å². The molecular weight excluding hydrogens is 474 g/mol. The summed E-state index contributed by atoms with van der Waals surface area (Å²) in [5.74, 6) is 0.270. The number of Topliss-reactive ketones (excluding diaryl/α,β-unsaturated/α-hetero) is 1. The van der Waals surface area contributed by atoms with E-state index >= 15 is 0 Å². The molecule has 3 unspecified atom stereocenters. The molecule has 5 amide bonds. The number of terminal acetylenes is 1. The molecule has 0 aliphatic carbocycles. The lowest BCUT2D eigenvalue weighted by atomic mass is 9.85. The standard InChI is InChI=1S/C24H37N5O5.C3H8/c1-7-9-11-16(15-18(30)21(32)26-13-8-2)27-20(31)17-12-10-14-29(17)22(33)19(24(3,4)5)28-23(34)25-6;1-3-2/h1,8,16-17,19H,2,9-15H2,3-6H3,(H,26,32)(H,27,31)(H2,25,28,34);3H2,1-2H3. The van der Waals surface area contributed by atoms with Crippen LogP contribution in [0.1, 0.15) is 73.1 Å². The van der Waals surface area contributed by atoms with E-state index in [-0.39, 0.29) is 18.9 Å². The second-order valence-electron chi connectivity index (χ2n) is 9.99. The van der Waals surface area contributed by atoms with Crippen molar-refractivity contribution >= 4 is 29.5 Å². The Hall–Kier alpha value is -3.35. The Labute approximate surface area is 221 Å². The van der Waals surface area contributed by atoms with E-state index in [0.717, 1.165) is 0 Å². The van der Waals surface area contributed by atoms with Gasteiger partial charge in [0, 0.05) is 39.0 Å². The Morgan fingerprint density at radius 3 is 2.30 bits per heavy atom. The second-order valence-corrected chi connectivity index (χ2v) is 9.99. The molecule has 1 rings (SSSR count).